The molecule has 0 amide bonds. The Bertz CT molecular complexity index is 498. The van der Waals surface area contributed by atoms with Crippen LogP contribution in [0.4, 0.5) is 5.82 Å². The summed E-state index contributed by atoms with van der Waals surface area (Å²) in [5, 5.41) is 17.7. The van der Waals surface area contributed by atoms with Crippen molar-refractivity contribution in [2.75, 3.05) is 18.0 Å². The summed E-state index contributed by atoms with van der Waals surface area (Å²) in [6, 6.07) is 3.58. The molecule has 1 saturated heterocycles. The molecule has 1 aliphatic heterocycles. The Morgan fingerprint density at radius 3 is 2.59 bits per heavy atom. The maximum absolute atomic E-state index is 8.82. The number of hydrogen-bond donors (Lipinski definition) is 0. The molecule has 84 valence electrons. The van der Waals surface area contributed by atoms with Gasteiger partial charge >= 0.3 is 0 Å². The number of anilines is 1. The standard InChI is InChI=1S/C10H9BClN5/c12-10-15-8(6-13)5-9(16-10)17-3-1-11(7-14)2-4-17/h5H,1-4H2. The summed E-state index contributed by atoms with van der Waals surface area (Å²) in [7, 11) is 0. The first kappa shape index (κ1) is 11.7. The normalized spacial score (nSPS) is 15.2. The van der Waals surface area contributed by atoms with Gasteiger partial charge in [-0.05, 0) is 24.2 Å². The van der Waals surface area contributed by atoms with Crippen molar-refractivity contribution < 1.29 is 0 Å². The number of aromatic nitrogens is 2. The molecule has 0 atom stereocenters. The van der Waals surface area contributed by atoms with Gasteiger partial charge in [-0.15, -0.1) is 0 Å². The fourth-order valence-electron chi connectivity index (χ4n) is 1.86. The molecule has 0 saturated carbocycles. The van der Waals surface area contributed by atoms with Gasteiger partial charge in [0.25, 0.3) is 6.71 Å². The Labute approximate surface area is 105 Å². The van der Waals surface area contributed by atoms with E-state index in [4.69, 9.17) is 22.1 Å². The van der Waals surface area contributed by atoms with Gasteiger partial charge in [0.1, 0.15) is 17.6 Å². The van der Waals surface area contributed by atoms with E-state index in [1.165, 1.54) is 0 Å². The first-order chi connectivity index (χ1) is 8.22. The fourth-order valence-corrected chi connectivity index (χ4v) is 2.04. The molecule has 0 aliphatic carbocycles. The molecular weight excluding hydrogens is 236 g/mol. The maximum Gasteiger partial charge on any atom is 0.271 e. The lowest BCUT2D eigenvalue weighted by Gasteiger charge is -2.28. The van der Waals surface area contributed by atoms with Crippen molar-refractivity contribution in [3.05, 3.63) is 17.0 Å². The van der Waals surface area contributed by atoms with Gasteiger partial charge in [0.05, 0.1) is 0 Å². The highest BCUT2D eigenvalue weighted by Crippen LogP contribution is 2.20. The van der Waals surface area contributed by atoms with Gasteiger partial charge in [-0.2, -0.15) is 5.26 Å². The zero-order valence-electron chi connectivity index (χ0n) is 9.10. The highest BCUT2D eigenvalue weighted by Gasteiger charge is 2.23. The minimum absolute atomic E-state index is 0.0847. The van der Waals surface area contributed by atoms with Gasteiger partial charge in [-0.1, -0.05) is 0 Å². The van der Waals surface area contributed by atoms with Crippen LogP contribution in [0.15, 0.2) is 6.07 Å². The second kappa shape index (κ2) is 5.03. The van der Waals surface area contributed by atoms with Crippen LogP contribution in [0, 0.1) is 22.6 Å². The molecule has 2 rings (SSSR count). The summed E-state index contributed by atoms with van der Waals surface area (Å²) in [4.78, 5) is 9.93. The first-order valence-electron chi connectivity index (χ1n) is 5.32. The van der Waals surface area contributed by atoms with Crippen LogP contribution in [-0.4, -0.2) is 29.8 Å². The van der Waals surface area contributed by atoms with Crippen LogP contribution in [-0.2, 0) is 0 Å². The van der Waals surface area contributed by atoms with Crippen molar-refractivity contribution in [2.24, 2.45) is 0 Å². The zero-order chi connectivity index (χ0) is 12.3. The average Bonchev–Trinajstić information content (AvgIpc) is 2.38. The second-order valence-corrected chi connectivity index (χ2v) is 4.22. The lowest BCUT2D eigenvalue weighted by Crippen LogP contribution is -2.37. The number of nitriles is 2. The molecule has 17 heavy (non-hydrogen) atoms. The van der Waals surface area contributed by atoms with Crippen LogP contribution in [0.5, 0.6) is 0 Å². The largest absolute Gasteiger partial charge is 0.358 e. The summed E-state index contributed by atoms with van der Waals surface area (Å²) >= 11 is 5.75. The molecule has 1 aromatic rings. The molecule has 2 heterocycles. The minimum Gasteiger partial charge on any atom is -0.358 e. The van der Waals surface area contributed by atoms with Crippen molar-refractivity contribution in [2.45, 2.75) is 12.6 Å². The molecule has 0 bridgehead atoms. The molecule has 1 aliphatic rings. The predicted molar refractivity (Wildman–Crippen MR) is 65.0 cm³/mol. The van der Waals surface area contributed by atoms with Gasteiger partial charge in [0.2, 0.25) is 5.28 Å². The molecule has 1 aromatic heterocycles. The van der Waals surface area contributed by atoms with Crippen LogP contribution in [0.1, 0.15) is 5.69 Å². The van der Waals surface area contributed by atoms with E-state index in [2.05, 4.69) is 15.9 Å². The van der Waals surface area contributed by atoms with Crippen molar-refractivity contribution in [3.63, 3.8) is 0 Å². The van der Waals surface area contributed by atoms with E-state index >= 15 is 0 Å². The summed E-state index contributed by atoms with van der Waals surface area (Å²) in [6.45, 7) is 1.64. The van der Waals surface area contributed by atoms with Crippen molar-refractivity contribution in [1.29, 1.82) is 10.5 Å². The summed E-state index contributed by atoms with van der Waals surface area (Å²) in [5.41, 5.74) is 0.266. The van der Waals surface area contributed by atoms with Gasteiger partial charge < -0.3 is 4.90 Å². The molecule has 5 nitrogen and oxygen atoms in total. The van der Waals surface area contributed by atoms with Crippen molar-refractivity contribution >= 4 is 24.1 Å². The highest BCUT2D eigenvalue weighted by molar-refractivity contribution is 6.67. The molecule has 0 unspecified atom stereocenters. The highest BCUT2D eigenvalue weighted by atomic mass is 35.5. The Hall–Kier alpha value is -1.79. The molecule has 0 aromatic carbocycles. The second-order valence-electron chi connectivity index (χ2n) is 3.88. The third-order valence-electron chi connectivity index (χ3n) is 2.80. The minimum atomic E-state index is 0.0847. The summed E-state index contributed by atoms with van der Waals surface area (Å²) < 4.78 is 0. The molecule has 0 spiro atoms. The van der Waals surface area contributed by atoms with Gasteiger partial charge in [-0.25, -0.2) is 15.2 Å². The maximum atomic E-state index is 8.82. The monoisotopic (exact) mass is 245 g/mol. The average molecular weight is 245 g/mol. The molecule has 7 heteroatoms. The van der Waals surface area contributed by atoms with Gasteiger partial charge in [0, 0.05) is 25.1 Å². The molecule has 0 N–H and O–H groups in total. The van der Waals surface area contributed by atoms with Gasteiger partial charge in [0.15, 0.2) is 0 Å². The number of nitrogens with zero attached hydrogens (tertiary/aromatic N) is 5. The SMILES string of the molecule is N#CB1CCN(c2cc(C#N)nc(Cl)n2)CC1. The van der Waals surface area contributed by atoms with E-state index < -0.39 is 0 Å². The van der Waals surface area contributed by atoms with E-state index in [0.29, 0.717) is 5.82 Å². The fraction of sp³-hybridized carbons (Fsp3) is 0.400. The van der Waals surface area contributed by atoms with Crippen LogP contribution in [0.3, 0.4) is 0 Å². The molecular formula is C10H9BClN5. The third-order valence-corrected chi connectivity index (χ3v) is 2.97. The van der Waals surface area contributed by atoms with Gasteiger partial charge in [-0.3, -0.25) is 0 Å². The third kappa shape index (κ3) is 2.66. The summed E-state index contributed by atoms with van der Waals surface area (Å²) in [5.74, 6) is 2.94. The van der Waals surface area contributed by atoms with E-state index in [-0.39, 0.29) is 17.7 Å². The van der Waals surface area contributed by atoms with E-state index in [0.717, 1.165) is 25.7 Å². The van der Waals surface area contributed by atoms with Crippen molar-refractivity contribution in [3.8, 4) is 12.0 Å². The number of rotatable bonds is 1. The molecule has 0 radical (unpaired) electrons. The van der Waals surface area contributed by atoms with Crippen LogP contribution in [0.25, 0.3) is 0 Å². The quantitative estimate of drug-likeness (QED) is 0.552. The van der Waals surface area contributed by atoms with E-state index in [1.807, 2.05) is 11.0 Å². The number of halogens is 1. The topological polar surface area (TPSA) is 76.6 Å². The smallest absolute Gasteiger partial charge is 0.271 e. The van der Waals surface area contributed by atoms with Crippen LogP contribution >= 0.6 is 11.6 Å². The Balaban J connectivity index is 2.16. The van der Waals surface area contributed by atoms with E-state index in [1.54, 1.807) is 6.07 Å². The Morgan fingerprint density at radius 1 is 1.29 bits per heavy atom. The number of hydrogen-bond acceptors (Lipinski definition) is 5. The first-order valence-corrected chi connectivity index (χ1v) is 5.70. The lowest BCUT2D eigenvalue weighted by atomic mass is 9.45. The molecule has 1 fully saturated rings. The van der Waals surface area contributed by atoms with Crippen LogP contribution < -0.4 is 4.90 Å². The predicted octanol–water partition coefficient (Wildman–Crippen LogP) is 1.38. The lowest BCUT2D eigenvalue weighted by molar-refractivity contribution is 0.802. The van der Waals surface area contributed by atoms with E-state index in [9.17, 15) is 0 Å². The summed E-state index contributed by atoms with van der Waals surface area (Å²) in [6.07, 6.45) is 1.64. The zero-order valence-corrected chi connectivity index (χ0v) is 9.85. The van der Waals surface area contributed by atoms with Crippen molar-refractivity contribution in [1.82, 2.24) is 9.97 Å². The van der Waals surface area contributed by atoms with Crippen LogP contribution in [0.2, 0.25) is 17.9 Å². The Kier molecular flexibility index (Phi) is 3.46. The Morgan fingerprint density at radius 2 is 2.00 bits per heavy atom.